The minimum atomic E-state index is 0.644. The van der Waals surface area contributed by atoms with E-state index < -0.39 is 0 Å². The van der Waals surface area contributed by atoms with Gasteiger partial charge in [-0.25, -0.2) is 15.0 Å². The van der Waals surface area contributed by atoms with E-state index >= 15 is 0 Å². The van der Waals surface area contributed by atoms with Crippen molar-refractivity contribution < 1.29 is 4.42 Å². The summed E-state index contributed by atoms with van der Waals surface area (Å²) in [4.78, 5) is 15.0. The lowest BCUT2D eigenvalue weighted by atomic mass is 9.93. The van der Waals surface area contributed by atoms with Gasteiger partial charge in [-0.15, -0.1) is 0 Å². The van der Waals surface area contributed by atoms with E-state index in [2.05, 4.69) is 103 Å². The second kappa shape index (κ2) is 11.0. The highest BCUT2D eigenvalue weighted by atomic mass is 16.3. The molecule has 4 heteroatoms. The number of hydrogen-bond acceptors (Lipinski definition) is 4. The lowest BCUT2D eigenvalue weighted by molar-refractivity contribution is 0.669. The number of benzene rings is 8. The summed E-state index contributed by atoms with van der Waals surface area (Å²) in [5, 5.41) is 9.36. The molecule has 4 nitrogen and oxygen atoms in total. The average Bonchev–Trinajstić information content (AvgIpc) is 3.56. The van der Waals surface area contributed by atoms with Crippen LogP contribution < -0.4 is 0 Å². The standard InChI is InChI=1S/C45H27N3O/c1-3-12-30(13-4-1)43-46-44(31-14-5-2-6-15-31)48-45(47-43)37-24-23-33(35-17-9-10-18-36(35)37)32-22-25-39-38(27-32)42-40(49-39)26-21-29-20-19-28-11-7-8-16-34(28)41(29)42/h1-27H. The van der Waals surface area contributed by atoms with Gasteiger partial charge in [-0.05, 0) is 62.3 Å². The quantitative estimate of drug-likeness (QED) is 0.183. The summed E-state index contributed by atoms with van der Waals surface area (Å²) < 4.78 is 6.44. The molecule has 0 bridgehead atoms. The highest BCUT2D eigenvalue weighted by Crippen LogP contribution is 2.41. The molecule has 8 aromatic carbocycles. The molecule has 0 aliphatic rings. The fraction of sp³-hybridized carbons (Fsp3) is 0. The smallest absolute Gasteiger partial charge is 0.164 e. The van der Waals surface area contributed by atoms with Gasteiger partial charge >= 0.3 is 0 Å². The molecule has 0 amide bonds. The number of aromatic nitrogens is 3. The Bertz CT molecular complexity index is 2820. The topological polar surface area (TPSA) is 51.8 Å². The molecule has 0 radical (unpaired) electrons. The number of nitrogens with zero attached hydrogens (tertiary/aromatic N) is 3. The second-order valence-corrected chi connectivity index (χ2v) is 12.4. The van der Waals surface area contributed by atoms with Crippen molar-refractivity contribution in [2.75, 3.05) is 0 Å². The minimum absolute atomic E-state index is 0.644. The normalized spacial score (nSPS) is 11.7. The molecule has 10 aromatic rings. The van der Waals surface area contributed by atoms with Crippen molar-refractivity contribution in [1.82, 2.24) is 15.0 Å². The van der Waals surface area contributed by atoms with Crippen LogP contribution in [0.5, 0.6) is 0 Å². The summed E-state index contributed by atoms with van der Waals surface area (Å²) in [6, 6.07) is 56.9. The first kappa shape index (κ1) is 27.5. The lowest BCUT2D eigenvalue weighted by Crippen LogP contribution is -2.00. The molecule has 2 heterocycles. The van der Waals surface area contributed by atoms with E-state index in [-0.39, 0.29) is 0 Å². The molecule has 0 aliphatic heterocycles. The van der Waals surface area contributed by atoms with Crippen molar-refractivity contribution in [3.8, 4) is 45.3 Å². The Labute approximate surface area is 282 Å². The monoisotopic (exact) mass is 625 g/mol. The molecule has 0 unspecified atom stereocenters. The number of hydrogen-bond donors (Lipinski definition) is 0. The summed E-state index contributed by atoms with van der Waals surface area (Å²) in [6.45, 7) is 0. The molecular formula is C45H27N3O. The molecule has 0 aliphatic carbocycles. The van der Waals surface area contributed by atoms with E-state index in [4.69, 9.17) is 19.4 Å². The number of fused-ring (bicyclic) bond motifs is 8. The van der Waals surface area contributed by atoms with Crippen LogP contribution in [0, 0.1) is 0 Å². The Kier molecular flexibility index (Phi) is 6.15. The van der Waals surface area contributed by atoms with Crippen LogP contribution in [0.25, 0.3) is 99.5 Å². The summed E-state index contributed by atoms with van der Waals surface area (Å²) >= 11 is 0. The summed E-state index contributed by atoms with van der Waals surface area (Å²) in [6.07, 6.45) is 0. The van der Waals surface area contributed by atoms with Crippen LogP contribution in [-0.4, -0.2) is 15.0 Å². The van der Waals surface area contributed by atoms with E-state index in [0.717, 1.165) is 60.5 Å². The van der Waals surface area contributed by atoms with Gasteiger partial charge in [-0.2, -0.15) is 0 Å². The third-order valence-electron chi connectivity index (χ3n) is 9.52. The predicted octanol–water partition coefficient (Wildman–Crippen LogP) is 11.9. The third kappa shape index (κ3) is 4.49. The Balaban J connectivity index is 1.19. The third-order valence-corrected chi connectivity index (χ3v) is 9.52. The fourth-order valence-corrected chi connectivity index (χ4v) is 7.21. The van der Waals surface area contributed by atoms with Crippen molar-refractivity contribution in [3.05, 3.63) is 164 Å². The van der Waals surface area contributed by atoms with Gasteiger partial charge in [0.1, 0.15) is 11.2 Å². The van der Waals surface area contributed by atoms with Gasteiger partial charge in [-0.3, -0.25) is 0 Å². The molecule has 0 saturated heterocycles. The van der Waals surface area contributed by atoms with E-state index in [1.807, 2.05) is 60.7 Å². The van der Waals surface area contributed by atoms with Crippen molar-refractivity contribution in [2.45, 2.75) is 0 Å². The maximum atomic E-state index is 6.44. The zero-order valence-corrected chi connectivity index (χ0v) is 26.3. The van der Waals surface area contributed by atoms with Gasteiger partial charge < -0.3 is 4.42 Å². The van der Waals surface area contributed by atoms with Crippen LogP contribution in [0.15, 0.2) is 168 Å². The average molecular weight is 626 g/mol. The Morgan fingerprint density at radius 1 is 0.327 bits per heavy atom. The summed E-state index contributed by atoms with van der Waals surface area (Å²) in [7, 11) is 0. The number of rotatable bonds is 4. The van der Waals surface area contributed by atoms with Crippen LogP contribution in [0.2, 0.25) is 0 Å². The summed E-state index contributed by atoms with van der Waals surface area (Å²) in [5.41, 5.74) is 6.91. The van der Waals surface area contributed by atoms with Gasteiger partial charge in [0, 0.05) is 32.8 Å². The van der Waals surface area contributed by atoms with Gasteiger partial charge in [0.2, 0.25) is 0 Å². The van der Waals surface area contributed by atoms with Crippen molar-refractivity contribution >= 4 is 54.3 Å². The van der Waals surface area contributed by atoms with E-state index in [1.165, 1.54) is 21.5 Å². The van der Waals surface area contributed by atoms with Gasteiger partial charge in [0.15, 0.2) is 17.5 Å². The molecule has 49 heavy (non-hydrogen) atoms. The first-order valence-electron chi connectivity index (χ1n) is 16.4. The van der Waals surface area contributed by atoms with Gasteiger partial charge in [0.25, 0.3) is 0 Å². The van der Waals surface area contributed by atoms with Crippen molar-refractivity contribution in [2.24, 2.45) is 0 Å². The van der Waals surface area contributed by atoms with Crippen molar-refractivity contribution in [1.29, 1.82) is 0 Å². The second-order valence-electron chi connectivity index (χ2n) is 12.4. The molecular weight excluding hydrogens is 599 g/mol. The number of furan rings is 1. The van der Waals surface area contributed by atoms with Crippen molar-refractivity contribution in [3.63, 3.8) is 0 Å². The van der Waals surface area contributed by atoms with Crippen LogP contribution in [0.3, 0.4) is 0 Å². The Morgan fingerprint density at radius 3 is 1.61 bits per heavy atom. The minimum Gasteiger partial charge on any atom is -0.456 e. The van der Waals surface area contributed by atoms with Crippen LogP contribution in [-0.2, 0) is 0 Å². The molecule has 2 aromatic heterocycles. The maximum Gasteiger partial charge on any atom is 0.164 e. The molecule has 228 valence electrons. The van der Waals surface area contributed by atoms with Crippen LogP contribution >= 0.6 is 0 Å². The van der Waals surface area contributed by atoms with E-state index in [9.17, 15) is 0 Å². The molecule has 0 fully saturated rings. The zero-order chi connectivity index (χ0) is 32.3. The summed E-state index contributed by atoms with van der Waals surface area (Å²) in [5.74, 6) is 1.94. The zero-order valence-electron chi connectivity index (χ0n) is 26.3. The first-order valence-corrected chi connectivity index (χ1v) is 16.4. The maximum absolute atomic E-state index is 6.44. The highest BCUT2D eigenvalue weighted by Gasteiger charge is 2.18. The van der Waals surface area contributed by atoms with Gasteiger partial charge in [0.05, 0.1) is 0 Å². The highest BCUT2D eigenvalue weighted by molar-refractivity contribution is 6.27. The lowest BCUT2D eigenvalue weighted by Gasteiger charge is -2.13. The molecule has 0 saturated carbocycles. The largest absolute Gasteiger partial charge is 0.456 e. The molecule has 0 spiro atoms. The molecule has 0 atom stereocenters. The first-order chi connectivity index (χ1) is 24.3. The SMILES string of the molecule is c1ccc(-c2nc(-c3ccccc3)nc(-c3ccc(-c4ccc5oc6ccc7ccc8ccccc8c7c6c5c4)c4ccccc34)n2)cc1. The molecule has 0 N–H and O–H groups in total. The van der Waals surface area contributed by atoms with Crippen LogP contribution in [0.1, 0.15) is 0 Å². The predicted molar refractivity (Wildman–Crippen MR) is 201 cm³/mol. The van der Waals surface area contributed by atoms with E-state index in [1.54, 1.807) is 0 Å². The van der Waals surface area contributed by atoms with E-state index in [0.29, 0.717) is 17.5 Å². The Morgan fingerprint density at radius 2 is 0.878 bits per heavy atom. The fourth-order valence-electron chi connectivity index (χ4n) is 7.21. The van der Waals surface area contributed by atoms with Gasteiger partial charge in [-0.1, -0.05) is 140 Å². The van der Waals surface area contributed by atoms with Crippen LogP contribution in [0.4, 0.5) is 0 Å². The molecule has 10 rings (SSSR count). The Hall–Kier alpha value is -6.65.